The largest absolute Gasteiger partial charge is 0.480 e. The highest BCUT2D eigenvalue weighted by Gasteiger charge is 2.35. The standard InChI is InChI=1S/C11H16N2O5/c1-5-17-8(14)7-6-18-10(12-7)13(4)11(2,3)9(15)16/h6H,5H2,1-4H3,(H,15,16). The van der Waals surface area contributed by atoms with Crippen molar-refractivity contribution in [3.05, 3.63) is 12.0 Å². The Balaban J connectivity index is 2.92. The van der Waals surface area contributed by atoms with Gasteiger partial charge in [0.25, 0.3) is 6.01 Å². The van der Waals surface area contributed by atoms with Gasteiger partial charge >= 0.3 is 11.9 Å². The number of hydrogen-bond donors (Lipinski definition) is 1. The number of carbonyl (C=O) groups is 2. The number of nitrogens with zero attached hydrogens (tertiary/aromatic N) is 2. The van der Waals surface area contributed by atoms with Crippen LogP contribution in [-0.2, 0) is 9.53 Å². The number of aromatic nitrogens is 1. The number of carboxylic acid groups (broad SMARTS) is 1. The highest BCUT2D eigenvalue weighted by Crippen LogP contribution is 2.22. The zero-order valence-electron chi connectivity index (χ0n) is 10.8. The minimum atomic E-state index is -1.20. The monoisotopic (exact) mass is 256 g/mol. The maximum atomic E-state index is 11.4. The molecule has 0 aromatic carbocycles. The highest BCUT2D eigenvalue weighted by molar-refractivity contribution is 5.87. The van der Waals surface area contributed by atoms with Crippen LogP contribution in [0.15, 0.2) is 10.7 Å². The predicted molar refractivity (Wildman–Crippen MR) is 62.6 cm³/mol. The molecule has 0 fully saturated rings. The van der Waals surface area contributed by atoms with Crippen LogP contribution in [0.5, 0.6) is 0 Å². The molecular formula is C11H16N2O5. The van der Waals surface area contributed by atoms with Crippen LogP contribution >= 0.6 is 0 Å². The van der Waals surface area contributed by atoms with Crippen molar-refractivity contribution in [1.29, 1.82) is 0 Å². The van der Waals surface area contributed by atoms with E-state index in [9.17, 15) is 9.59 Å². The van der Waals surface area contributed by atoms with Crippen molar-refractivity contribution in [2.75, 3.05) is 18.6 Å². The molecule has 0 saturated heterocycles. The number of aliphatic carboxylic acids is 1. The predicted octanol–water partition coefficient (Wildman–Crippen LogP) is 1.15. The summed E-state index contributed by atoms with van der Waals surface area (Å²) < 4.78 is 9.84. The Morgan fingerprint density at radius 3 is 2.67 bits per heavy atom. The third kappa shape index (κ3) is 2.61. The van der Waals surface area contributed by atoms with Gasteiger partial charge in [-0.2, -0.15) is 4.98 Å². The first-order valence-corrected chi connectivity index (χ1v) is 5.40. The van der Waals surface area contributed by atoms with E-state index in [-0.39, 0.29) is 18.3 Å². The maximum absolute atomic E-state index is 11.4. The molecule has 1 heterocycles. The molecule has 7 heteroatoms. The summed E-state index contributed by atoms with van der Waals surface area (Å²) in [5, 5.41) is 9.07. The van der Waals surface area contributed by atoms with Gasteiger partial charge in [0.05, 0.1) is 6.61 Å². The van der Waals surface area contributed by atoms with Gasteiger partial charge in [-0.25, -0.2) is 9.59 Å². The van der Waals surface area contributed by atoms with Crippen LogP contribution in [-0.4, -0.2) is 41.2 Å². The summed E-state index contributed by atoms with van der Waals surface area (Å²) in [6.45, 7) is 4.92. The van der Waals surface area contributed by atoms with Crippen LogP contribution in [0, 0.1) is 0 Å². The van der Waals surface area contributed by atoms with Crippen molar-refractivity contribution < 1.29 is 23.8 Å². The summed E-state index contributed by atoms with van der Waals surface area (Å²) in [4.78, 5) is 27.7. The van der Waals surface area contributed by atoms with Gasteiger partial charge in [-0.15, -0.1) is 0 Å². The van der Waals surface area contributed by atoms with Crippen molar-refractivity contribution in [2.24, 2.45) is 0 Å². The number of rotatable bonds is 5. The molecule has 0 atom stereocenters. The molecule has 18 heavy (non-hydrogen) atoms. The van der Waals surface area contributed by atoms with Gasteiger partial charge in [0.15, 0.2) is 5.69 Å². The lowest BCUT2D eigenvalue weighted by atomic mass is 10.1. The number of hydrogen-bond acceptors (Lipinski definition) is 6. The normalized spacial score (nSPS) is 11.1. The summed E-state index contributed by atoms with van der Waals surface area (Å²) >= 11 is 0. The van der Waals surface area contributed by atoms with E-state index in [1.54, 1.807) is 6.92 Å². The molecular weight excluding hydrogens is 240 g/mol. The average Bonchev–Trinajstić information content (AvgIpc) is 2.77. The molecule has 0 amide bonds. The molecule has 0 bridgehead atoms. The Labute approximate surface area is 104 Å². The Morgan fingerprint density at radius 2 is 2.17 bits per heavy atom. The molecule has 0 aliphatic rings. The molecule has 1 aromatic rings. The number of ether oxygens (including phenoxy) is 1. The topological polar surface area (TPSA) is 92.9 Å². The minimum Gasteiger partial charge on any atom is -0.480 e. The Bertz CT molecular complexity index is 452. The summed E-state index contributed by atoms with van der Waals surface area (Å²) in [5.74, 6) is -1.63. The lowest BCUT2D eigenvalue weighted by Gasteiger charge is -2.29. The smallest absolute Gasteiger partial charge is 0.360 e. The second-order valence-corrected chi connectivity index (χ2v) is 4.16. The summed E-state index contributed by atoms with van der Waals surface area (Å²) in [7, 11) is 1.52. The summed E-state index contributed by atoms with van der Waals surface area (Å²) in [5.41, 5.74) is -1.18. The SMILES string of the molecule is CCOC(=O)c1coc(N(C)C(C)(C)C(=O)O)n1. The minimum absolute atomic E-state index is 0.0138. The van der Waals surface area contributed by atoms with E-state index in [4.69, 9.17) is 14.3 Å². The summed E-state index contributed by atoms with van der Waals surface area (Å²) in [6.07, 6.45) is 1.14. The zero-order chi connectivity index (χ0) is 13.9. The fourth-order valence-electron chi connectivity index (χ4n) is 1.10. The quantitative estimate of drug-likeness (QED) is 0.790. The van der Waals surface area contributed by atoms with E-state index < -0.39 is 17.5 Å². The summed E-state index contributed by atoms with van der Waals surface area (Å²) in [6, 6.07) is 0.0467. The fourth-order valence-corrected chi connectivity index (χ4v) is 1.10. The number of likely N-dealkylation sites (N-methyl/N-ethyl adjacent to an activating group) is 1. The van der Waals surface area contributed by atoms with Gasteiger partial charge in [-0.05, 0) is 20.8 Å². The van der Waals surface area contributed by atoms with Crippen molar-refractivity contribution in [1.82, 2.24) is 4.98 Å². The van der Waals surface area contributed by atoms with Crippen LogP contribution in [0.3, 0.4) is 0 Å². The molecule has 7 nitrogen and oxygen atoms in total. The average molecular weight is 256 g/mol. The number of carboxylic acids is 1. The van der Waals surface area contributed by atoms with Crippen molar-refractivity contribution in [3.8, 4) is 0 Å². The number of oxazole rings is 1. The Morgan fingerprint density at radius 1 is 1.56 bits per heavy atom. The lowest BCUT2D eigenvalue weighted by Crippen LogP contribution is -2.48. The van der Waals surface area contributed by atoms with Gasteiger partial charge in [-0.3, -0.25) is 0 Å². The van der Waals surface area contributed by atoms with Crippen molar-refractivity contribution >= 4 is 18.0 Å². The van der Waals surface area contributed by atoms with Crippen LogP contribution < -0.4 is 4.90 Å². The van der Waals surface area contributed by atoms with E-state index in [1.807, 2.05) is 0 Å². The second-order valence-electron chi connectivity index (χ2n) is 4.16. The third-order valence-electron chi connectivity index (χ3n) is 2.63. The first-order chi connectivity index (χ1) is 8.30. The van der Waals surface area contributed by atoms with Gasteiger partial charge in [-0.1, -0.05) is 0 Å². The molecule has 1 rings (SSSR count). The van der Waals surface area contributed by atoms with Crippen molar-refractivity contribution in [3.63, 3.8) is 0 Å². The molecule has 1 aromatic heterocycles. The van der Waals surface area contributed by atoms with Crippen LogP contribution in [0.2, 0.25) is 0 Å². The van der Waals surface area contributed by atoms with E-state index in [0.29, 0.717) is 0 Å². The lowest BCUT2D eigenvalue weighted by molar-refractivity contribution is -0.142. The molecule has 0 aliphatic heterocycles. The van der Waals surface area contributed by atoms with Crippen LogP contribution in [0.25, 0.3) is 0 Å². The first kappa shape index (κ1) is 14.0. The fraction of sp³-hybridized carbons (Fsp3) is 0.545. The molecule has 1 N–H and O–H groups in total. The van der Waals surface area contributed by atoms with E-state index >= 15 is 0 Å². The van der Waals surface area contributed by atoms with Crippen molar-refractivity contribution in [2.45, 2.75) is 26.3 Å². The number of esters is 1. The molecule has 0 unspecified atom stereocenters. The molecule has 0 spiro atoms. The first-order valence-electron chi connectivity index (χ1n) is 5.40. The third-order valence-corrected chi connectivity index (χ3v) is 2.63. The van der Waals surface area contributed by atoms with Gasteiger partial charge in [0, 0.05) is 7.05 Å². The van der Waals surface area contributed by atoms with Crippen LogP contribution in [0.1, 0.15) is 31.3 Å². The number of anilines is 1. The molecule has 100 valence electrons. The Hall–Kier alpha value is -2.05. The van der Waals surface area contributed by atoms with E-state index in [2.05, 4.69) is 4.98 Å². The van der Waals surface area contributed by atoms with E-state index in [1.165, 1.54) is 25.8 Å². The Kier molecular flexibility index (Phi) is 3.95. The number of carbonyl (C=O) groups excluding carboxylic acids is 1. The van der Waals surface area contributed by atoms with E-state index in [0.717, 1.165) is 6.26 Å². The molecule has 0 saturated carbocycles. The molecule has 0 aliphatic carbocycles. The van der Waals surface area contributed by atoms with Crippen LogP contribution in [0.4, 0.5) is 6.01 Å². The van der Waals surface area contributed by atoms with Gasteiger partial charge in [0.1, 0.15) is 11.8 Å². The maximum Gasteiger partial charge on any atom is 0.360 e. The zero-order valence-corrected chi connectivity index (χ0v) is 10.8. The van der Waals surface area contributed by atoms with Gasteiger partial charge < -0.3 is 19.2 Å². The highest BCUT2D eigenvalue weighted by atomic mass is 16.5. The second kappa shape index (κ2) is 5.07. The van der Waals surface area contributed by atoms with Gasteiger partial charge in [0.2, 0.25) is 0 Å². The molecule has 0 radical (unpaired) electrons.